The molecule has 0 unspecified atom stereocenters. The lowest BCUT2D eigenvalue weighted by atomic mass is 10.1. The molecule has 6 heteroatoms. The molecule has 21 heavy (non-hydrogen) atoms. The number of aromatic nitrogens is 2. The molecule has 0 fully saturated rings. The Hall–Kier alpha value is -0.910. The molecule has 0 saturated heterocycles. The normalized spacial score (nSPS) is 10.9. The third-order valence-electron chi connectivity index (χ3n) is 3.09. The molecule has 0 aliphatic carbocycles. The molecule has 120 valence electrons. The first-order valence-electron chi connectivity index (χ1n) is 7.64. The van der Waals surface area contributed by atoms with Gasteiger partial charge in [-0.25, -0.2) is 9.97 Å². The van der Waals surface area contributed by atoms with Crippen LogP contribution in [-0.2, 0) is 15.9 Å². The zero-order valence-corrected chi connectivity index (χ0v) is 14.0. The molecule has 0 saturated carbocycles. The van der Waals surface area contributed by atoms with E-state index in [-0.39, 0.29) is 0 Å². The quantitative estimate of drug-likeness (QED) is 0.464. The largest absolute Gasteiger partial charge is 0.380 e. The van der Waals surface area contributed by atoms with Gasteiger partial charge in [0.15, 0.2) is 0 Å². The second kappa shape index (κ2) is 10.8. The summed E-state index contributed by atoms with van der Waals surface area (Å²) in [7, 11) is 0. The van der Waals surface area contributed by atoms with Crippen LogP contribution in [0.5, 0.6) is 0 Å². The minimum Gasteiger partial charge on any atom is -0.380 e. The van der Waals surface area contributed by atoms with Gasteiger partial charge in [-0.05, 0) is 20.3 Å². The van der Waals surface area contributed by atoms with Crippen molar-refractivity contribution in [1.29, 1.82) is 0 Å². The Morgan fingerprint density at radius 1 is 1.05 bits per heavy atom. The van der Waals surface area contributed by atoms with Crippen molar-refractivity contribution in [2.24, 2.45) is 0 Å². The zero-order chi connectivity index (χ0) is 15.5. The van der Waals surface area contributed by atoms with Crippen LogP contribution in [0.3, 0.4) is 0 Å². The predicted octanol–water partition coefficient (Wildman–Crippen LogP) is 2.96. The van der Waals surface area contributed by atoms with E-state index in [1.807, 2.05) is 13.8 Å². The summed E-state index contributed by atoms with van der Waals surface area (Å²) in [6.45, 7) is 10.4. The first-order valence-corrected chi connectivity index (χ1v) is 8.02. The Balaban J connectivity index is 2.86. The number of halogens is 1. The van der Waals surface area contributed by atoms with Crippen molar-refractivity contribution in [2.45, 2.75) is 33.6 Å². The van der Waals surface area contributed by atoms with Gasteiger partial charge in [0.1, 0.15) is 17.3 Å². The smallest absolute Gasteiger partial charge is 0.137 e. The fourth-order valence-electron chi connectivity index (χ4n) is 2.08. The predicted molar refractivity (Wildman–Crippen MR) is 86.2 cm³/mol. The van der Waals surface area contributed by atoms with Crippen molar-refractivity contribution in [3.63, 3.8) is 0 Å². The number of rotatable bonds is 11. The van der Waals surface area contributed by atoms with E-state index in [0.29, 0.717) is 31.6 Å². The van der Waals surface area contributed by atoms with Crippen LogP contribution in [0.2, 0.25) is 5.15 Å². The van der Waals surface area contributed by atoms with Crippen LogP contribution in [0.15, 0.2) is 6.33 Å². The van der Waals surface area contributed by atoms with E-state index in [1.54, 1.807) is 0 Å². The monoisotopic (exact) mass is 315 g/mol. The summed E-state index contributed by atoms with van der Waals surface area (Å²) in [5.41, 5.74) is 1.01. The van der Waals surface area contributed by atoms with Gasteiger partial charge in [0, 0.05) is 31.9 Å². The average molecular weight is 316 g/mol. The first-order chi connectivity index (χ1) is 10.2. The van der Waals surface area contributed by atoms with Gasteiger partial charge in [-0.1, -0.05) is 24.9 Å². The third-order valence-corrected chi connectivity index (χ3v) is 3.41. The third kappa shape index (κ3) is 6.16. The molecule has 1 aromatic rings. The van der Waals surface area contributed by atoms with Crippen molar-refractivity contribution in [1.82, 2.24) is 9.97 Å². The maximum absolute atomic E-state index is 6.23. The highest BCUT2D eigenvalue weighted by Crippen LogP contribution is 2.24. The zero-order valence-electron chi connectivity index (χ0n) is 13.3. The molecule has 0 spiro atoms. The van der Waals surface area contributed by atoms with Crippen LogP contribution >= 0.6 is 11.6 Å². The van der Waals surface area contributed by atoms with Crippen LogP contribution < -0.4 is 4.90 Å². The number of hydrogen-bond acceptors (Lipinski definition) is 5. The molecule has 0 atom stereocenters. The maximum Gasteiger partial charge on any atom is 0.137 e. The van der Waals surface area contributed by atoms with Crippen molar-refractivity contribution >= 4 is 17.4 Å². The van der Waals surface area contributed by atoms with Gasteiger partial charge in [-0.15, -0.1) is 0 Å². The Morgan fingerprint density at radius 2 is 1.67 bits per heavy atom. The molecule has 1 aromatic heterocycles. The second-order valence-corrected chi connectivity index (χ2v) is 4.96. The molecule has 1 rings (SSSR count). The van der Waals surface area contributed by atoms with Gasteiger partial charge in [-0.2, -0.15) is 0 Å². The highest BCUT2D eigenvalue weighted by atomic mass is 35.5. The summed E-state index contributed by atoms with van der Waals surface area (Å²) in [6.07, 6.45) is 3.39. The fourth-order valence-corrected chi connectivity index (χ4v) is 2.30. The molecule has 0 N–H and O–H groups in total. The van der Waals surface area contributed by atoms with E-state index in [4.69, 9.17) is 21.1 Å². The number of nitrogens with zero attached hydrogens (tertiary/aromatic N) is 3. The number of hydrogen-bond donors (Lipinski definition) is 0. The summed E-state index contributed by atoms with van der Waals surface area (Å²) in [5, 5.41) is 0.541. The van der Waals surface area contributed by atoms with E-state index >= 15 is 0 Å². The molecule has 5 nitrogen and oxygen atoms in total. The topological polar surface area (TPSA) is 47.5 Å². The average Bonchev–Trinajstić information content (AvgIpc) is 2.48. The van der Waals surface area contributed by atoms with Gasteiger partial charge in [0.2, 0.25) is 0 Å². The van der Waals surface area contributed by atoms with Gasteiger partial charge < -0.3 is 14.4 Å². The SMILES string of the molecule is CCCc1c(Cl)ncnc1N(CCOCC)CCOCC. The number of anilines is 1. The highest BCUT2D eigenvalue weighted by Gasteiger charge is 2.15. The summed E-state index contributed by atoms with van der Waals surface area (Å²) in [4.78, 5) is 10.7. The van der Waals surface area contributed by atoms with E-state index in [9.17, 15) is 0 Å². The lowest BCUT2D eigenvalue weighted by Crippen LogP contribution is -2.33. The summed E-state index contributed by atoms with van der Waals surface area (Å²) in [6, 6.07) is 0. The van der Waals surface area contributed by atoms with Gasteiger partial charge >= 0.3 is 0 Å². The Bertz CT molecular complexity index is 395. The van der Waals surface area contributed by atoms with Crippen LogP contribution in [0, 0.1) is 0 Å². The highest BCUT2D eigenvalue weighted by molar-refractivity contribution is 6.30. The van der Waals surface area contributed by atoms with E-state index < -0.39 is 0 Å². The van der Waals surface area contributed by atoms with Crippen LogP contribution in [0.25, 0.3) is 0 Å². The Kier molecular flexibility index (Phi) is 9.30. The van der Waals surface area contributed by atoms with E-state index in [2.05, 4.69) is 21.8 Å². The molecule has 0 bridgehead atoms. The van der Waals surface area contributed by atoms with Crippen LogP contribution in [0.1, 0.15) is 32.8 Å². The maximum atomic E-state index is 6.23. The van der Waals surface area contributed by atoms with Gasteiger partial charge in [-0.3, -0.25) is 0 Å². The Labute approximate surface area is 132 Å². The van der Waals surface area contributed by atoms with Crippen LogP contribution in [0.4, 0.5) is 5.82 Å². The van der Waals surface area contributed by atoms with Crippen molar-refractivity contribution in [3.8, 4) is 0 Å². The lowest BCUT2D eigenvalue weighted by molar-refractivity contribution is 0.141. The molecular formula is C15H26ClN3O2. The molecule has 1 heterocycles. The second-order valence-electron chi connectivity index (χ2n) is 4.60. The van der Waals surface area contributed by atoms with Gasteiger partial charge in [0.05, 0.1) is 13.2 Å². The van der Waals surface area contributed by atoms with Crippen molar-refractivity contribution in [2.75, 3.05) is 44.4 Å². The molecular weight excluding hydrogens is 290 g/mol. The van der Waals surface area contributed by atoms with Gasteiger partial charge in [0.25, 0.3) is 0 Å². The molecule has 0 aliphatic heterocycles. The molecule has 0 aliphatic rings. The van der Waals surface area contributed by atoms with Crippen molar-refractivity contribution < 1.29 is 9.47 Å². The first kappa shape index (κ1) is 18.1. The van der Waals surface area contributed by atoms with E-state index in [1.165, 1.54) is 6.33 Å². The lowest BCUT2D eigenvalue weighted by Gasteiger charge is -2.25. The molecule has 0 aromatic carbocycles. The summed E-state index contributed by atoms with van der Waals surface area (Å²) >= 11 is 6.23. The standard InChI is InChI=1S/C15H26ClN3O2/c1-4-7-13-14(16)17-12-18-15(13)19(8-10-20-5-2)9-11-21-6-3/h12H,4-11H2,1-3H3. The summed E-state index contributed by atoms with van der Waals surface area (Å²) < 4.78 is 10.9. The summed E-state index contributed by atoms with van der Waals surface area (Å²) in [5.74, 6) is 0.899. The number of ether oxygens (including phenoxy) is 2. The Morgan fingerprint density at radius 3 is 2.19 bits per heavy atom. The van der Waals surface area contributed by atoms with Crippen molar-refractivity contribution in [3.05, 3.63) is 17.0 Å². The molecule has 0 amide bonds. The van der Waals surface area contributed by atoms with E-state index in [0.717, 1.165) is 37.3 Å². The minimum atomic E-state index is 0.541. The minimum absolute atomic E-state index is 0.541. The molecule has 0 radical (unpaired) electrons. The van der Waals surface area contributed by atoms with Crippen LogP contribution in [-0.4, -0.2) is 49.5 Å². The fraction of sp³-hybridized carbons (Fsp3) is 0.733.